The van der Waals surface area contributed by atoms with Gasteiger partial charge in [0.15, 0.2) is 0 Å². The Morgan fingerprint density at radius 1 is 1.08 bits per heavy atom. The zero-order valence-electron chi connectivity index (χ0n) is 14.3. The molecule has 1 heterocycles. The van der Waals surface area contributed by atoms with Gasteiger partial charge >= 0.3 is 15.2 Å². The maximum Gasteiger partial charge on any atom is 0.363 e. The Labute approximate surface area is 141 Å². The van der Waals surface area contributed by atoms with E-state index in [1.54, 1.807) is 0 Å². The lowest BCUT2D eigenvalue weighted by Crippen LogP contribution is -2.48. The molecule has 9 nitrogen and oxygen atoms in total. The van der Waals surface area contributed by atoms with Gasteiger partial charge < -0.3 is 24.0 Å². The van der Waals surface area contributed by atoms with Crippen LogP contribution in [0.5, 0.6) is 0 Å². The molecule has 4 N–H and O–H groups in total. The van der Waals surface area contributed by atoms with Crippen LogP contribution in [0.1, 0.15) is 52.0 Å². The molecular formula is C13H26N2O7P2. The normalized spacial score (nSPS) is 13.3. The molecule has 0 fully saturated rings. The third kappa shape index (κ3) is 3.62. The van der Waals surface area contributed by atoms with Gasteiger partial charge in [0.2, 0.25) is 5.02 Å². The molecule has 0 amide bonds. The minimum absolute atomic E-state index is 0.0840. The van der Waals surface area contributed by atoms with E-state index in [2.05, 4.69) is 4.98 Å². The smallest absolute Gasteiger partial charge is 0.363 e. The number of aromatic nitrogens is 1. The highest BCUT2D eigenvalue weighted by Gasteiger charge is 2.64. The Hall–Kier alpha value is -0.690. The zero-order chi connectivity index (χ0) is 18.8. The highest BCUT2D eigenvalue weighted by Crippen LogP contribution is 2.72. The van der Waals surface area contributed by atoms with E-state index in [0.717, 1.165) is 11.3 Å². The van der Waals surface area contributed by atoms with E-state index in [4.69, 9.17) is 4.42 Å². The number of oxazole rings is 1. The standard InChI is InChI=1S/C13H26N2O7P2/c1-5-9-11-10(6-2)14-12(22-11)15(8-4)13(7-3,23(16,17)18)24(19,20)21/h5-9H2,1-4H3,(H2,16,17,18)(H2,19,20,21). The SMILES string of the molecule is CCCc1oc(N(CC)C(CC)(P(=O)(O)O)P(=O)(O)O)nc1CC. The van der Waals surface area contributed by atoms with Crippen molar-refractivity contribution in [2.75, 3.05) is 11.4 Å². The van der Waals surface area contributed by atoms with Crippen molar-refractivity contribution < 1.29 is 33.1 Å². The fourth-order valence-electron chi connectivity index (χ4n) is 2.81. The van der Waals surface area contributed by atoms with Gasteiger partial charge in [-0.25, -0.2) is 0 Å². The first-order valence-corrected chi connectivity index (χ1v) is 11.1. The lowest BCUT2D eigenvalue weighted by atomic mass is 10.2. The molecule has 1 aromatic heterocycles. The molecule has 0 aliphatic carbocycles. The molecule has 0 spiro atoms. The largest absolute Gasteiger partial charge is 0.428 e. The van der Waals surface area contributed by atoms with Crippen molar-refractivity contribution >= 4 is 21.2 Å². The first-order valence-electron chi connectivity index (χ1n) is 7.87. The summed E-state index contributed by atoms with van der Waals surface area (Å²) in [5.41, 5.74) is 0.617. The van der Waals surface area contributed by atoms with Crippen LogP contribution in [0, 0.1) is 0 Å². The second-order valence-corrected chi connectivity index (χ2v) is 9.44. The topological polar surface area (TPSA) is 144 Å². The first-order chi connectivity index (χ1) is 11.0. The van der Waals surface area contributed by atoms with Crippen molar-refractivity contribution in [2.45, 2.75) is 58.4 Å². The second kappa shape index (κ2) is 7.68. The summed E-state index contributed by atoms with van der Waals surface area (Å²) in [6.07, 6.45) is 1.44. The monoisotopic (exact) mass is 384 g/mol. The predicted octanol–water partition coefficient (Wildman–Crippen LogP) is 2.44. The summed E-state index contributed by atoms with van der Waals surface area (Å²) in [7, 11) is -10.5. The van der Waals surface area contributed by atoms with Gasteiger partial charge in [-0.3, -0.25) is 14.0 Å². The predicted molar refractivity (Wildman–Crippen MR) is 90.0 cm³/mol. The highest BCUT2D eigenvalue weighted by atomic mass is 31.2. The van der Waals surface area contributed by atoms with Gasteiger partial charge in [-0.15, -0.1) is 0 Å². The van der Waals surface area contributed by atoms with Gasteiger partial charge in [0.05, 0.1) is 5.69 Å². The molecule has 0 radical (unpaired) electrons. The van der Waals surface area contributed by atoms with Crippen LogP contribution in [0.3, 0.4) is 0 Å². The molecule has 0 bridgehead atoms. The Morgan fingerprint density at radius 2 is 1.62 bits per heavy atom. The Kier molecular flexibility index (Phi) is 6.84. The molecule has 140 valence electrons. The fourth-order valence-corrected chi connectivity index (χ4v) is 6.08. The average molecular weight is 384 g/mol. The van der Waals surface area contributed by atoms with Gasteiger partial charge in [0.25, 0.3) is 6.01 Å². The third-order valence-electron chi connectivity index (χ3n) is 3.97. The molecule has 0 atom stereocenters. The molecule has 0 aromatic carbocycles. The van der Waals surface area contributed by atoms with Crippen LogP contribution >= 0.6 is 15.2 Å². The summed E-state index contributed by atoms with van der Waals surface area (Å²) in [5.74, 6) is 0.565. The molecule has 0 saturated heterocycles. The van der Waals surface area contributed by atoms with Crippen LogP contribution in [0.4, 0.5) is 6.01 Å². The van der Waals surface area contributed by atoms with Crippen molar-refractivity contribution in [3.63, 3.8) is 0 Å². The van der Waals surface area contributed by atoms with E-state index in [9.17, 15) is 28.7 Å². The molecule has 24 heavy (non-hydrogen) atoms. The number of rotatable bonds is 9. The Bertz CT molecular complexity index is 627. The lowest BCUT2D eigenvalue weighted by molar-refractivity contribution is 0.294. The number of hydrogen-bond acceptors (Lipinski definition) is 5. The van der Waals surface area contributed by atoms with Crippen molar-refractivity contribution in [1.82, 2.24) is 4.98 Å². The first kappa shape index (κ1) is 21.4. The molecular weight excluding hydrogens is 358 g/mol. The van der Waals surface area contributed by atoms with Crippen molar-refractivity contribution in [3.05, 3.63) is 11.5 Å². The van der Waals surface area contributed by atoms with Crippen LogP contribution in [0.25, 0.3) is 0 Å². The maximum absolute atomic E-state index is 12.1. The molecule has 0 unspecified atom stereocenters. The summed E-state index contributed by atoms with van der Waals surface area (Å²) in [4.78, 5) is 44.2. The van der Waals surface area contributed by atoms with E-state index < -0.39 is 26.6 Å². The summed E-state index contributed by atoms with van der Waals surface area (Å²) in [6.45, 7) is 6.57. The second-order valence-electron chi connectivity index (χ2n) is 5.43. The van der Waals surface area contributed by atoms with Crippen LogP contribution in [0.2, 0.25) is 0 Å². The molecule has 0 saturated carbocycles. The fraction of sp³-hybridized carbons (Fsp3) is 0.769. The Balaban J connectivity index is 3.61. The van der Waals surface area contributed by atoms with Gasteiger partial charge in [-0.2, -0.15) is 4.98 Å². The molecule has 11 heteroatoms. The minimum atomic E-state index is -5.23. The van der Waals surface area contributed by atoms with E-state index >= 15 is 0 Å². The zero-order valence-corrected chi connectivity index (χ0v) is 16.1. The van der Waals surface area contributed by atoms with Crippen LogP contribution in [0.15, 0.2) is 4.42 Å². The number of nitrogens with zero attached hydrogens (tertiary/aromatic N) is 2. The summed E-state index contributed by atoms with van der Waals surface area (Å²) in [6, 6.07) is -0.175. The average Bonchev–Trinajstić information content (AvgIpc) is 2.84. The van der Waals surface area contributed by atoms with Crippen molar-refractivity contribution in [3.8, 4) is 0 Å². The number of hydrogen-bond donors (Lipinski definition) is 4. The summed E-state index contributed by atoms with van der Waals surface area (Å²) < 4.78 is 29.8. The number of anilines is 1. The molecule has 0 aliphatic rings. The van der Waals surface area contributed by atoms with Crippen molar-refractivity contribution in [1.29, 1.82) is 0 Å². The maximum atomic E-state index is 12.1. The van der Waals surface area contributed by atoms with Gasteiger partial charge in [0, 0.05) is 13.0 Å². The number of aryl methyl sites for hydroxylation is 2. The van der Waals surface area contributed by atoms with E-state index in [1.807, 2.05) is 13.8 Å². The van der Waals surface area contributed by atoms with Gasteiger partial charge in [-0.05, 0) is 26.2 Å². The molecule has 1 rings (SSSR count). The van der Waals surface area contributed by atoms with Gasteiger partial charge in [0.1, 0.15) is 5.76 Å². The molecule has 1 aromatic rings. The lowest BCUT2D eigenvalue weighted by Gasteiger charge is -2.41. The Morgan fingerprint density at radius 3 is 1.96 bits per heavy atom. The quantitative estimate of drug-likeness (QED) is 0.472. The van der Waals surface area contributed by atoms with E-state index in [-0.39, 0.29) is 12.6 Å². The summed E-state index contributed by atoms with van der Waals surface area (Å²) in [5, 5.41) is -2.70. The minimum Gasteiger partial charge on any atom is -0.428 e. The molecule has 0 aliphatic heterocycles. The van der Waals surface area contributed by atoms with E-state index in [1.165, 1.54) is 13.8 Å². The van der Waals surface area contributed by atoms with Crippen molar-refractivity contribution in [2.24, 2.45) is 0 Å². The van der Waals surface area contributed by atoms with Crippen LogP contribution in [-0.4, -0.2) is 36.1 Å². The van der Waals surface area contributed by atoms with Gasteiger partial charge in [-0.1, -0.05) is 20.8 Å². The van der Waals surface area contributed by atoms with E-state index in [0.29, 0.717) is 24.3 Å². The van der Waals surface area contributed by atoms with Crippen LogP contribution in [-0.2, 0) is 22.0 Å². The van der Waals surface area contributed by atoms with Crippen LogP contribution < -0.4 is 4.90 Å². The summed E-state index contributed by atoms with van der Waals surface area (Å²) >= 11 is 0. The highest BCUT2D eigenvalue weighted by molar-refractivity contribution is 7.72. The third-order valence-corrected chi connectivity index (χ3v) is 8.51.